The summed E-state index contributed by atoms with van der Waals surface area (Å²) < 4.78 is 9.81. The van der Waals surface area contributed by atoms with E-state index in [9.17, 15) is 29.1 Å². The van der Waals surface area contributed by atoms with Gasteiger partial charge in [0.25, 0.3) is 0 Å². The summed E-state index contributed by atoms with van der Waals surface area (Å²) >= 11 is 7.60. The number of hydrogen-bond acceptors (Lipinski definition) is 9. The summed E-state index contributed by atoms with van der Waals surface area (Å²) in [6.45, 7) is 5.75. The minimum Gasteiger partial charge on any atom is -0.488 e. The molecule has 4 atom stereocenters. The van der Waals surface area contributed by atoms with Crippen LogP contribution in [0.2, 0.25) is 5.02 Å². The molecular formula is C58H61ClN4O9S. The number of aliphatic carboxylic acids is 1. The zero-order chi connectivity index (χ0) is 52.4. The van der Waals surface area contributed by atoms with Crippen LogP contribution in [0.3, 0.4) is 0 Å². The zero-order valence-corrected chi connectivity index (χ0v) is 42.8. The van der Waals surface area contributed by atoms with Gasteiger partial charge in [-0.05, 0) is 78.4 Å². The van der Waals surface area contributed by atoms with Crippen LogP contribution in [-0.4, -0.2) is 83.3 Å². The Balaban J connectivity index is 1.41. The molecule has 0 radical (unpaired) electrons. The molecule has 0 heterocycles. The second kappa shape index (κ2) is 26.3. The van der Waals surface area contributed by atoms with Crippen LogP contribution in [0, 0.1) is 0 Å². The summed E-state index contributed by atoms with van der Waals surface area (Å²) in [5.41, 5.74) is 4.11. The molecule has 13 nitrogen and oxygen atoms in total. The molecule has 0 spiro atoms. The molecule has 0 bridgehead atoms. The number of carbonyl (C=O) groups excluding carboxylic acids is 5. The highest BCUT2D eigenvalue weighted by Gasteiger charge is 2.40. The minimum atomic E-state index is -1.38. The number of thioether (sulfide) groups is 1. The monoisotopic (exact) mass is 1020 g/mol. The van der Waals surface area contributed by atoms with Gasteiger partial charge in [-0.15, -0.1) is 11.8 Å². The first-order chi connectivity index (χ1) is 35.0. The number of amides is 4. The number of hydrogen-bond donors (Lipinski definition) is 5. The van der Waals surface area contributed by atoms with Gasteiger partial charge in [0, 0.05) is 36.5 Å². The maximum absolute atomic E-state index is 15.3. The molecule has 6 rings (SSSR count). The number of carboxylic acid groups (broad SMARTS) is 1. The van der Waals surface area contributed by atoms with Gasteiger partial charge in [0.15, 0.2) is 0 Å². The van der Waals surface area contributed by atoms with Gasteiger partial charge in [0.05, 0.1) is 18.3 Å². The topological polar surface area (TPSA) is 189 Å². The summed E-state index contributed by atoms with van der Waals surface area (Å²) in [5, 5.41) is 22.1. The van der Waals surface area contributed by atoms with Gasteiger partial charge < -0.3 is 35.8 Å². The third-order valence-electron chi connectivity index (χ3n) is 11.7. The molecule has 6 aromatic carbocycles. The largest absolute Gasteiger partial charge is 0.488 e. The highest BCUT2D eigenvalue weighted by molar-refractivity contribution is 8.00. The van der Waals surface area contributed by atoms with Crippen molar-refractivity contribution < 1.29 is 43.3 Å². The number of benzene rings is 6. The summed E-state index contributed by atoms with van der Waals surface area (Å²) in [5.74, 6) is -4.24. The highest BCUT2D eigenvalue weighted by atomic mass is 35.5. The van der Waals surface area contributed by atoms with E-state index in [1.807, 2.05) is 112 Å². The Bertz CT molecular complexity index is 2670. The van der Waals surface area contributed by atoms with Crippen molar-refractivity contribution >= 4 is 58.9 Å². The Morgan fingerprint density at radius 1 is 0.521 bits per heavy atom. The Morgan fingerprint density at radius 3 is 1.38 bits per heavy atom. The van der Waals surface area contributed by atoms with Crippen LogP contribution in [0.15, 0.2) is 170 Å². The van der Waals surface area contributed by atoms with E-state index in [2.05, 4.69) is 21.3 Å². The minimum absolute atomic E-state index is 0.0195. The van der Waals surface area contributed by atoms with Gasteiger partial charge in [-0.2, -0.15) is 0 Å². The first kappa shape index (κ1) is 54.9. The van der Waals surface area contributed by atoms with Crippen LogP contribution in [0.1, 0.15) is 67.0 Å². The van der Waals surface area contributed by atoms with Crippen LogP contribution in [0.25, 0.3) is 0 Å². The number of esters is 1. The predicted octanol–water partition coefficient (Wildman–Crippen LogP) is 8.25. The summed E-state index contributed by atoms with van der Waals surface area (Å²) in [4.78, 5) is 82.8. The molecule has 0 aliphatic rings. The van der Waals surface area contributed by atoms with Crippen molar-refractivity contribution in [3.05, 3.63) is 208 Å². The number of nitrogens with one attached hydrogen (secondary N) is 4. The first-order valence-electron chi connectivity index (χ1n) is 23.9. The maximum Gasteiger partial charge on any atom is 0.326 e. The van der Waals surface area contributed by atoms with Gasteiger partial charge in [-0.25, -0.2) is 4.79 Å². The van der Waals surface area contributed by atoms with Crippen LogP contribution < -0.4 is 26.0 Å². The van der Waals surface area contributed by atoms with Crippen LogP contribution in [0.5, 0.6) is 5.75 Å². The van der Waals surface area contributed by atoms with Crippen molar-refractivity contribution in [3.8, 4) is 5.75 Å². The van der Waals surface area contributed by atoms with Crippen molar-refractivity contribution in [2.24, 2.45) is 0 Å². The summed E-state index contributed by atoms with van der Waals surface area (Å²) in [6.07, 6.45) is -0.627. The second-order valence-corrected chi connectivity index (χ2v) is 20.1. The van der Waals surface area contributed by atoms with E-state index in [1.165, 1.54) is 18.9 Å². The number of methoxy groups -OCH3 is 1. The smallest absolute Gasteiger partial charge is 0.326 e. The van der Waals surface area contributed by atoms with Gasteiger partial charge in [-0.3, -0.25) is 24.0 Å². The molecule has 4 amide bonds. The fourth-order valence-electron chi connectivity index (χ4n) is 8.17. The third-order valence-corrected chi connectivity index (χ3v) is 13.6. The Labute approximate surface area is 435 Å². The SMILES string of the molecule is COC(=O)CCC(=O)N[C@@H](Cc1ccc(Cl)cc1)C(=O)N[C@H](CSC(c1ccccc1)(c1ccccc1)c1ccccc1)C(=O)N[C@@H](Cc1ccc(OC(C)(C)C)cc1)C(=O)N[C@H](Cc1ccccc1)C(=O)O. The second-order valence-electron chi connectivity index (χ2n) is 18.4. The average Bonchev–Trinajstić information content (AvgIpc) is 3.39. The predicted molar refractivity (Wildman–Crippen MR) is 284 cm³/mol. The fourth-order valence-corrected chi connectivity index (χ4v) is 9.85. The average molecular weight is 1030 g/mol. The summed E-state index contributed by atoms with van der Waals surface area (Å²) in [7, 11) is 1.21. The lowest BCUT2D eigenvalue weighted by molar-refractivity contribution is -0.142. The Morgan fingerprint density at radius 2 is 0.918 bits per heavy atom. The number of carbonyl (C=O) groups is 6. The van der Waals surface area contributed by atoms with Gasteiger partial charge >= 0.3 is 11.9 Å². The van der Waals surface area contributed by atoms with E-state index in [-0.39, 0.29) is 37.9 Å². The summed E-state index contributed by atoms with van der Waals surface area (Å²) in [6, 6.07) is 46.6. The lowest BCUT2D eigenvalue weighted by atomic mass is 9.84. The molecule has 73 heavy (non-hydrogen) atoms. The molecule has 15 heteroatoms. The first-order valence-corrected chi connectivity index (χ1v) is 25.3. The third kappa shape index (κ3) is 16.3. The zero-order valence-electron chi connectivity index (χ0n) is 41.2. The molecule has 6 aromatic rings. The number of rotatable bonds is 24. The normalized spacial score (nSPS) is 13.0. The Hall–Kier alpha value is -7.42. The molecule has 0 aromatic heterocycles. The molecule has 0 fully saturated rings. The van der Waals surface area contributed by atoms with Gasteiger partial charge in [-0.1, -0.05) is 157 Å². The Kier molecular flexibility index (Phi) is 19.8. The molecular weight excluding hydrogens is 964 g/mol. The van der Waals surface area contributed by atoms with Crippen molar-refractivity contribution in [3.63, 3.8) is 0 Å². The molecule has 0 aliphatic heterocycles. The van der Waals surface area contributed by atoms with E-state index in [1.54, 1.807) is 78.9 Å². The number of ether oxygens (including phenoxy) is 2. The van der Waals surface area contributed by atoms with Crippen LogP contribution in [0.4, 0.5) is 0 Å². The molecule has 380 valence electrons. The molecule has 0 saturated carbocycles. The fraction of sp³-hybridized carbons (Fsp3) is 0.276. The molecule has 0 saturated heterocycles. The maximum atomic E-state index is 15.3. The van der Waals surface area contributed by atoms with Crippen LogP contribution in [-0.2, 0) is 57.5 Å². The van der Waals surface area contributed by atoms with E-state index >= 15 is 4.79 Å². The number of carboxylic acids is 1. The van der Waals surface area contributed by atoms with Gasteiger partial charge in [0.1, 0.15) is 35.5 Å². The van der Waals surface area contributed by atoms with Gasteiger partial charge in [0.2, 0.25) is 23.6 Å². The number of halogens is 1. The quantitative estimate of drug-likeness (QED) is 0.0292. The lowest BCUT2D eigenvalue weighted by Crippen LogP contribution is -2.59. The molecule has 5 N–H and O–H groups in total. The highest BCUT2D eigenvalue weighted by Crippen LogP contribution is 2.48. The van der Waals surface area contributed by atoms with E-state index < -0.39 is 70.1 Å². The van der Waals surface area contributed by atoms with Crippen molar-refractivity contribution in [1.82, 2.24) is 21.3 Å². The molecule has 0 aliphatic carbocycles. The van der Waals surface area contributed by atoms with Crippen molar-refractivity contribution in [2.75, 3.05) is 12.9 Å². The van der Waals surface area contributed by atoms with E-state index in [0.29, 0.717) is 27.5 Å². The van der Waals surface area contributed by atoms with E-state index in [4.69, 9.17) is 21.1 Å². The standard InChI is InChI=1S/C58H61ClN4O9S/c1-57(2,3)72-46-31-27-41(28-32-46)36-48(54(67)62-49(56(69)70)37-39-17-9-5-10-18-39)61-55(68)50(63-53(66)47(35-40-25-29-45(59)30-26-40)60-51(64)33-34-52(65)71-4)38-73-58(42-19-11-6-12-20-42,43-21-13-7-14-22-43)44-23-15-8-16-24-44/h5-32,47-50H,33-38H2,1-4H3,(H,60,64)(H,61,68)(H,62,67)(H,63,66)(H,69,70)/t47-,48-,49+,50+/m0/s1. The lowest BCUT2D eigenvalue weighted by Gasteiger charge is -2.37. The van der Waals surface area contributed by atoms with Crippen molar-refractivity contribution in [1.29, 1.82) is 0 Å². The van der Waals surface area contributed by atoms with E-state index in [0.717, 1.165) is 16.7 Å². The van der Waals surface area contributed by atoms with Crippen LogP contribution >= 0.6 is 23.4 Å². The van der Waals surface area contributed by atoms with Crippen molar-refractivity contribution in [2.45, 2.75) is 87.4 Å². The molecule has 0 unspecified atom stereocenters.